The fourth-order valence-electron chi connectivity index (χ4n) is 1.51. The number of thiazole rings is 1. The number of aryl methyl sites for hydroxylation is 1. The highest BCUT2D eigenvalue weighted by atomic mass is 32.1. The molecule has 1 rings (SSSR count). The molecule has 2 atom stereocenters. The lowest BCUT2D eigenvalue weighted by Gasteiger charge is -2.19. The maximum Gasteiger partial charge on any atom is 0.306 e. The van der Waals surface area contributed by atoms with Gasteiger partial charge < -0.3 is 10.5 Å². The van der Waals surface area contributed by atoms with Crippen molar-refractivity contribution < 1.29 is 9.53 Å². The largest absolute Gasteiger partial charge is 0.469 e. The Morgan fingerprint density at radius 2 is 2.38 bits per heavy atom. The van der Waals surface area contributed by atoms with Crippen molar-refractivity contribution in [3.8, 4) is 0 Å². The van der Waals surface area contributed by atoms with Crippen molar-refractivity contribution in [3.63, 3.8) is 0 Å². The third-order valence-corrected chi connectivity index (χ3v) is 3.65. The minimum Gasteiger partial charge on any atom is -0.469 e. The van der Waals surface area contributed by atoms with Crippen LogP contribution in [0.2, 0.25) is 0 Å². The average Bonchev–Trinajstić information content (AvgIpc) is 2.71. The molecular formula is C11H18N2O2S. The topological polar surface area (TPSA) is 65.2 Å². The summed E-state index contributed by atoms with van der Waals surface area (Å²) >= 11 is 1.55. The number of esters is 1. The highest BCUT2D eigenvalue weighted by molar-refractivity contribution is 7.09. The van der Waals surface area contributed by atoms with Crippen LogP contribution in [0, 0.1) is 6.92 Å². The normalized spacial score (nSPS) is 14.5. The molecule has 0 fully saturated rings. The molecule has 0 spiro atoms. The Kier molecular flexibility index (Phi) is 4.89. The lowest BCUT2D eigenvalue weighted by Crippen LogP contribution is -2.29. The number of nitrogens with two attached hydrogens (primary N) is 1. The lowest BCUT2D eigenvalue weighted by molar-refractivity contribution is -0.141. The van der Waals surface area contributed by atoms with E-state index < -0.39 is 0 Å². The maximum atomic E-state index is 11.3. The van der Waals surface area contributed by atoms with Crippen LogP contribution in [0.4, 0.5) is 0 Å². The molecule has 0 saturated carbocycles. The summed E-state index contributed by atoms with van der Waals surface area (Å²) < 4.78 is 4.69. The first-order chi connectivity index (χ1) is 7.58. The standard InChI is InChI=1S/C11H18N2O2S/c1-4-9(12)8(5-10(14)15-3)11-13-7(2)6-16-11/h6,8-9H,4-5,12H2,1-3H3. The van der Waals surface area contributed by atoms with Crippen molar-refractivity contribution in [1.82, 2.24) is 4.98 Å². The summed E-state index contributed by atoms with van der Waals surface area (Å²) in [6.45, 7) is 3.95. The molecule has 16 heavy (non-hydrogen) atoms. The number of nitrogens with zero attached hydrogens (tertiary/aromatic N) is 1. The molecular weight excluding hydrogens is 224 g/mol. The Morgan fingerprint density at radius 3 is 2.81 bits per heavy atom. The van der Waals surface area contributed by atoms with E-state index in [2.05, 4.69) is 9.72 Å². The van der Waals surface area contributed by atoms with Crippen LogP contribution < -0.4 is 5.73 Å². The second kappa shape index (κ2) is 5.96. The van der Waals surface area contributed by atoms with Crippen LogP contribution in [0.15, 0.2) is 5.38 Å². The molecule has 0 aliphatic heterocycles. The lowest BCUT2D eigenvalue weighted by atomic mass is 9.95. The second-order valence-corrected chi connectivity index (χ2v) is 4.68. The number of ether oxygens (including phenoxy) is 1. The van der Waals surface area contributed by atoms with Crippen molar-refractivity contribution in [1.29, 1.82) is 0 Å². The molecule has 5 heteroatoms. The van der Waals surface area contributed by atoms with E-state index in [1.807, 2.05) is 19.2 Å². The molecule has 1 heterocycles. The molecule has 0 aromatic carbocycles. The first-order valence-corrected chi connectivity index (χ1v) is 6.20. The van der Waals surface area contributed by atoms with E-state index in [0.29, 0.717) is 6.42 Å². The number of hydrogen-bond acceptors (Lipinski definition) is 5. The number of rotatable bonds is 5. The molecule has 0 radical (unpaired) electrons. The zero-order valence-electron chi connectivity index (χ0n) is 9.90. The smallest absolute Gasteiger partial charge is 0.306 e. The first-order valence-electron chi connectivity index (χ1n) is 5.32. The highest BCUT2D eigenvalue weighted by Gasteiger charge is 2.24. The number of carbonyl (C=O) groups is 1. The van der Waals surface area contributed by atoms with Gasteiger partial charge >= 0.3 is 5.97 Å². The Hall–Kier alpha value is -0.940. The van der Waals surface area contributed by atoms with Crippen molar-refractivity contribution in [3.05, 3.63) is 16.1 Å². The zero-order chi connectivity index (χ0) is 12.1. The van der Waals surface area contributed by atoms with Gasteiger partial charge in [-0.25, -0.2) is 4.98 Å². The molecule has 0 bridgehead atoms. The van der Waals surface area contributed by atoms with E-state index in [4.69, 9.17) is 5.73 Å². The Bertz CT molecular complexity index is 352. The Labute approximate surface area is 99.8 Å². The molecule has 0 aliphatic rings. The van der Waals surface area contributed by atoms with Gasteiger partial charge in [-0.05, 0) is 13.3 Å². The molecule has 1 aromatic heterocycles. The fraction of sp³-hybridized carbons (Fsp3) is 0.636. The van der Waals surface area contributed by atoms with E-state index in [0.717, 1.165) is 17.1 Å². The quantitative estimate of drug-likeness (QED) is 0.800. The van der Waals surface area contributed by atoms with Crippen LogP contribution in [0.3, 0.4) is 0 Å². The van der Waals surface area contributed by atoms with Crippen LogP contribution in [0.1, 0.15) is 36.4 Å². The van der Waals surface area contributed by atoms with Gasteiger partial charge in [0.2, 0.25) is 0 Å². The Morgan fingerprint density at radius 1 is 1.69 bits per heavy atom. The first kappa shape index (κ1) is 13.1. The summed E-state index contributed by atoms with van der Waals surface area (Å²) in [4.78, 5) is 15.7. The van der Waals surface area contributed by atoms with Gasteiger partial charge in [-0.1, -0.05) is 6.92 Å². The van der Waals surface area contributed by atoms with Gasteiger partial charge in [-0.2, -0.15) is 0 Å². The molecule has 4 nitrogen and oxygen atoms in total. The minimum absolute atomic E-state index is 0.0313. The molecule has 0 saturated heterocycles. The third kappa shape index (κ3) is 3.28. The third-order valence-electron chi connectivity index (χ3n) is 2.56. The number of methoxy groups -OCH3 is 1. The zero-order valence-corrected chi connectivity index (χ0v) is 10.7. The van der Waals surface area contributed by atoms with Gasteiger partial charge in [0.05, 0.1) is 18.5 Å². The van der Waals surface area contributed by atoms with Crippen molar-refractivity contribution in [2.24, 2.45) is 5.73 Å². The van der Waals surface area contributed by atoms with Crippen LogP contribution in [-0.4, -0.2) is 24.1 Å². The minimum atomic E-state index is -0.234. The predicted octanol–water partition coefficient (Wildman–Crippen LogP) is 1.84. The van der Waals surface area contributed by atoms with Gasteiger partial charge in [0.1, 0.15) is 0 Å². The molecule has 0 amide bonds. The molecule has 90 valence electrons. The SMILES string of the molecule is CCC(N)C(CC(=O)OC)c1nc(C)cs1. The van der Waals surface area contributed by atoms with E-state index in [1.54, 1.807) is 11.3 Å². The van der Waals surface area contributed by atoms with E-state index in [-0.39, 0.29) is 17.9 Å². The van der Waals surface area contributed by atoms with Gasteiger partial charge in [-0.3, -0.25) is 4.79 Å². The molecule has 2 N–H and O–H groups in total. The summed E-state index contributed by atoms with van der Waals surface area (Å²) in [6.07, 6.45) is 1.12. The van der Waals surface area contributed by atoms with Crippen LogP contribution in [0.25, 0.3) is 0 Å². The van der Waals surface area contributed by atoms with Crippen molar-refractivity contribution >= 4 is 17.3 Å². The average molecular weight is 242 g/mol. The van der Waals surface area contributed by atoms with E-state index in [9.17, 15) is 4.79 Å². The van der Waals surface area contributed by atoms with Gasteiger partial charge in [0.15, 0.2) is 0 Å². The maximum absolute atomic E-state index is 11.3. The fourth-order valence-corrected chi connectivity index (χ4v) is 2.49. The van der Waals surface area contributed by atoms with E-state index in [1.165, 1.54) is 7.11 Å². The monoisotopic (exact) mass is 242 g/mol. The number of carbonyl (C=O) groups excluding carboxylic acids is 1. The summed E-state index contributed by atoms with van der Waals surface area (Å²) in [6, 6.07) is -0.0513. The van der Waals surface area contributed by atoms with Crippen molar-refractivity contribution in [2.45, 2.75) is 38.6 Å². The number of aromatic nitrogens is 1. The Balaban J connectivity index is 2.83. The summed E-state index contributed by atoms with van der Waals surface area (Å²) in [5.74, 6) is -0.266. The summed E-state index contributed by atoms with van der Waals surface area (Å²) in [5.41, 5.74) is 6.99. The van der Waals surface area contributed by atoms with Gasteiger partial charge in [0, 0.05) is 23.0 Å². The summed E-state index contributed by atoms with van der Waals surface area (Å²) in [7, 11) is 1.39. The van der Waals surface area contributed by atoms with Crippen LogP contribution in [-0.2, 0) is 9.53 Å². The number of hydrogen-bond donors (Lipinski definition) is 1. The highest BCUT2D eigenvalue weighted by Crippen LogP contribution is 2.27. The van der Waals surface area contributed by atoms with Gasteiger partial charge in [-0.15, -0.1) is 11.3 Å². The van der Waals surface area contributed by atoms with E-state index >= 15 is 0 Å². The summed E-state index contributed by atoms with van der Waals surface area (Å²) in [5, 5.41) is 2.90. The molecule has 0 aliphatic carbocycles. The molecule has 2 unspecified atom stereocenters. The van der Waals surface area contributed by atoms with Crippen LogP contribution >= 0.6 is 11.3 Å². The van der Waals surface area contributed by atoms with Gasteiger partial charge in [0.25, 0.3) is 0 Å². The van der Waals surface area contributed by atoms with Crippen LogP contribution in [0.5, 0.6) is 0 Å². The van der Waals surface area contributed by atoms with Crippen molar-refractivity contribution in [2.75, 3.05) is 7.11 Å². The molecule has 1 aromatic rings. The predicted molar refractivity (Wildman–Crippen MR) is 64.5 cm³/mol. The second-order valence-electron chi connectivity index (χ2n) is 3.79.